The van der Waals surface area contributed by atoms with Gasteiger partial charge in [-0.15, -0.1) is 0 Å². The lowest BCUT2D eigenvalue weighted by Crippen LogP contribution is -1.91. The third-order valence-corrected chi connectivity index (χ3v) is 6.74. The van der Waals surface area contributed by atoms with Gasteiger partial charge < -0.3 is 4.57 Å². The van der Waals surface area contributed by atoms with Crippen molar-refractivity contribution in [3.8, 4) is 0 Å². The first kappa shape index (κ1) is 17.5. The van der Waals surface area contributed by atoms with Crippen molar-refractivity contribution in [2.45, 2.75) is 19.8 Å². The van der Waals surface area contributed by atoms with Crippen LogP contribution in [-0.4, -0.2) is 4.57 Å². The van der Waals surface area contributed by atoms with Crippen LogP contribution in [0.1, 0.15) is 42.0 Å². The highest BCUT2D eigenvalue weighted by atomic mass is 14.9. The summed E-state index contributed by atoms with van der Waals surface area (Å²) in [6.07, 6.45) is 4.94. The summed E-state index contributed by atoms with van der Waals surface area (Å²) in [5.41, 5.74) is 12.6. The summed E-state index contributed by atoms with van der Waals surface area (Å²) >= 11 is 0. The monoisotopic (exact) mass is 387 g/mol. The molecule has 0 atom stereocenters. The number of nitrogens with zero attached hydrogens (tertiary/aromatic N) is 1. The predicted octanol–water partition coefficient (Wildman–Crippen LogP) is 7.44. The van der Waals surface area contributed by atoms with Gasteiger partial charge in [0.1, 0.15) is 0 Å². The molecule has 1 saturated carbocycles. The molecule has 4 aromatic rings. The van der Waals surface area contributed by atoms with Crippen LogP contribution in [0.15, 0.2) is 85.1 Å². The van der Waals surface area contributed by atoms with Crippen LogP contribution in [0.5, 0.6) is 0 Å². The Morgan fingerprint density at radius 2 is 1.43 bits per heavy atom. The molecule has 0 spiro atoms. The first-order chi connectivity index (χ1) is 14.7. The van der Waals surface area contributed by atoms with Crippen molar-refractivity contribution < 1.29 is 0 Å². The van der Waals surface area contributed by atoms with E-state index in [9.17, 15) is 0 Å². The number of hydrogen-bond acceptors (Lipinski definition) is 0. The normalized spacial score (nSPS) is 17.5. The second kappa shape index (κ2) is 6.60. The second-order valence-electron chi connectivity index (χ2n) is 8.65. The van der Waals surface area contributed by atoms with Crippen molar-refractivity contribution in [1.82, 2.24) is 4.57 Å². The minimum Gasteiger partial charge on any atom is -0.350 e. The number of allylic oxidation sites excluding steroid dienone is 4. The number of hydrogen-bond donors (Lipinski definition) is 0. The fourth-order valence-electron chi connectivity index (χ4n) is 5.18. The zero-order valence-corrected chi connectivity index (χ0v) is 17.5. The van der Waals surface area contributed by atoms with Gasteiger partial charge in [-0.3, -0.25) is 0 Å². The van der Waals surface area contributed by atoms with Gasteiger partial charge in [0.2, 0.25) is 0 Å². The van der Waals surface area contributed by atoms with Gasteiger partial charge in [-0.25, -0.2) is 0 Å². The molecule has 0 unspecified atom stereocenters. The summed E-state index contributed by atoms with van der Waals surface area (Å²) < 4.78 is 2.28. The molecule has 0 aliphatic heterocycles. The molecular formula is C29H25N. The van der Waals surface area contributed by atoms with Crippen LogP contribution in [0.3, 0.4) is 0 Å². The van der Waals surface area contributed by atoms with E-state index < -0.39 is 0 Å². The molecule has 2 aliphatic rings. The van der Waals surface area contributed by atoms with E-state index in [2.05, 4.69) is 104 Å². The highest BCUT2D eigenvalue weighted by Gasteiger charge is 2.38. The van der Waals surface area contributed by atoms with Crippen molar-refractivity contribution in [2.75, 3.05) is 0 Å². The number of benzene rings is 3. The van der Waals surface area contributed by atoms with Crippen molar-refractivity contribution in [1.29, 1.82) is 0 Å². The Bertz CT molecular complexity index is 1340. The third kappa shape index (κ3) is 2.55. The Balaban J connectivity index is 1.73. The molecule has 1 heteroatoms. The number of para-hydroxylation sites is 1. The Hall–Kier alpha value is -3.32. The van der Waals surface area contributed by atoms with E-state index in [4.69, 9.17) is 0 Å². The number of rotatable bonds is 3. The molecule has 0 saturated heterocycles. The van der Waals surface area contributed by atoms with Gasteiger partial charge in [0, 0.05) is 29.7 Å². The fourth-order valence-corrected chi connectivity index (χ4v) is 5.18. The van der Waals surface area contributed by atoms with E-state index in [1.54, 1.807) is 5.57 Å². The second-order valence-corrected chi connectivity index (χ2v) is 8.65. The van der Waals surface area contributed by atoms with E-state index in [0.717, 1.165) is 0 Å². The summed E-state index contributed by atoms with van der Waals surface area (Å²) in [6.45, 7) is 2.29. The quantitative estimate of drug-likeness (QED) is 0.344. The summed E-state index contributed by atoms with van der Waals surface area (Å²) in [5, 5.41) is 1.35. The highest BCUT2D eigenvalue weighted by Crippen LogP contribution is 2.57. The van der Waals surface area contributed by atoms with Crippen molar-refractivity contribution in [2.24, 2.45) is 13.0 Å². The first-order valence-corrected chi connectivity index (χ1v) is 10.9. The number of aromatic nitrogens is 1. The molecule has 1 fully saturated rings. The topological polar surface area (TPSA) is 4.93 Å². The summed E-state index contributed by atoms with van der Waals surface area (Å²) in [5.74, 6) is 0.682. The van der Waals surface area contributed by atoms with Crippen molar-refractivity contribution in [3.05, 3.63) is 107 Å². The molecule has 2 aliphatic carbocycles. The molecule has 1 nitrogen and oxygen atoms in total. The lowest BCUT2D eigenvalue weighted by Gasteiger charge is -2.14. The predicted molar refractivity (Wildman–Crippen MR) is 128 cm³/mol. The molecular weight excluding hydrogens is 362 g/mol. The van der Waals surface area contributed by atoms with Crippen LogP contribution in [0, 0.1) is 5.92 Å². The van der Waals surface area contributed by atoms with Gasteiger partial charge in [0.15, 0.2) is 0 Å². The highest BCUT2D eigenvalue weighted by molar-refractivity contribution is 6.29. The van der Waals surface area contributed by atoms with Crippen LogP contribution >= 0.6 is 0 Å². The largest absolute Gasteiger partial charge is 0.350 e. The summed E-state index contributed by atoms with van der Waals surface area (Å²) in [6, 6.07) is 28.7. The number of aryl methyl sites for hydroxylation is 1. The summed E-state index contributed by atoms with van der Waals surface area (Å²) in [7, 11) is 2.17. The van der Waals surface area contributed by atoms with E-state index in [0.29, 0.717) is 5.92 Å². The minimum atomic E-state index is 0.682. The molecule has 0 radical (unpaired) electrons. The molecule has 0 amide bonds. The lowest BCUT2D eigenvalue weighted by atomic mass is 9.89. The van der Waals surface area contributed by atoms with Crippen LogP contribution in [0.25, 0.3) is 33.2 Å². The minimum absolute atomic E-state index is 0.682. The summed E-state index contributed by atoms with van der Waals surface area (Å²) in [4.78, 5) is 0. The van der Waals surface area contributed by atoms with Gasteiger partial charge in [-0.1, -0.05) is 72.8 Å². The molecule has 0 N–H and O–H groups in total. The van der Waals surface area contributed by atoms with Gasteiger partial charge >= 0.3 is 0 Å². The zero-order chi connectivity index (χ0) is 20.2. The Labute approximate surface area is 178 Å². The smallest absolute Gasteiger partial charge is 0.0484 e. The Morgan fingerprint density at radius 1 is 0.767 bits per heavy atom. The SMILES string of the molecule is C/C(=C1/C(c2cn(C)c3ccccc23)=C(C2CC2)c2ccccc21)c1ccccc1. The van der Waals surface area contributed by atoms with Crippen LogP contribution in [0.2, 0.25) is 0 Å². The molecule has 1 aromatic heterocycles. The zero-order valence-electron chi connectivity index (χ0n) is 17.5. The fraction of sp³-hybridized carbons (Fsp3) is 0.172. The van der Waals surface area contributed by atoms with Crippen LogP contribution in [-0.2, 0) is 7.05 Å². The molecule has 6 rings (SSSR count). The van der Waals surface area contributed by atoms with Gasteiger partial charge in [-0.05, 0) is 70.7 Å². The molecule has 3 aromatic carbocycles. The van der Waals surface area contributed by atoms with Crippen LogP contribution in [0.4, 0.5) is 0 Å². The number of fused-ring (bicyclic) bond motifs is 2. The molecule has 146 valence electrons. The Kier molecular flexibility index (Phi) is 3.86. The molecule has 1 heterocycles. The maximum absolute atomic E-state index is 2.34. The van der Waals surface area contributed by atoms with E-state index in [1.165, 1.54) is 62.7 Å². The van der Waals surface area contributed by atoms with Crippen molar-refractivity contribution in [3.63, 3.8) is 0 Å². The van der Waals surface area contributed by atoms with Crippen LogP contribution < -0.4 is 0 Å². The van der Waals surface area contributed by atoms with E-state index in [1.807, 2.05) is 0 Å². The standard InChI is InChI=1S/C29H25N/c1-19(20-10-4-3-5-11-20)27-23-13-6-7-14-24(23)28(21-16-17-21)29(27)25-18-30(2)26-15-9-8-12-22(25)26/h3-15,18,21H,16-17H2,1-2H3/b27-19-. The average Bonchev–Trinajstić information content (AvgIpc) is 3.50. The lowest BCUT2D eigenvalue weighted by molar-refractivity contribution is 0.967. The van der Waals surface area contributed by atoms with E-state index >= 15 is 0 Å². The first-order valence-electron chi connectivity index (χ1n) is 10.9. The Morgan fingerprint density at radius 3 is 2.20 bits per heavy atom. The molecule has 0 bridgehead atoms. The van der Waals surface area contributed by atoms with Gasteiger partial charge in [0.25, 0.3) is 0 Å². The molecule has 30 heavy (non-hydrogen) atoms. The van der Waals surface area contributed by atoms with Crippen molar-refractivity contribution >= 4 is 33.2 Å². The average molecular weight is 388 g/mol. The maximum Gasteiger partial charge on any atom is 0.0484 e. The third-order valence-electron chi connectivity index (χ3n) is 6.74. The van der Waals surface area contributed by atoms with Gasteiger partial charge in [0.05, 0.1) is 0 Å². The van der Waals surface area contributed by atoms with E-state index in [-0.39, 0.29) is 0 Å². The maximum atomic E-state index is 2.34. The van der Waals surface area contributed by atoms with Gasteiger partial charge in [-0.2, -0.15) is 0 Å².